The summed E-state index contributed by atoms with van der Waals surface area (Å²) in [6, 6.07) is 4.55. The molecule has 1 aromatic rings. The lowest BCUT2D eigenvalue weighted by molar-refractivity contribution is -0.385. The standard InChI is InChI=1S/C14H20N2O4/c1-19-12-4-5-13(16(17)18)14(9-12)20-8-6-11-3-2-7-15-10-11/h4-5,9,11,15H,2-3,6-8,10H2,1H3. The average molecular weight is 280 g/mol. The van der Waals surface area contributed by atoms with Crippen molar-refractivity contribution in [2.24, 2.45) is 5.92 Å². The summed E-state index contributed by atoms with van der Waals surface area (Å²) >= 11 is 0. The van der Waals surface area contributed by atoms with Gasteiger partial charge in [0, 0.05) is 12.1 Å². The maximum absolute atomic E-state index is 11.0. The molecule has 1 fully saturated rings. The highest BCUT2D eigenvalue weighted by Crippen LogP contribution is 2.31. The number of methoxy groups -OCH3 is 1. The molecule has 1 aromatic carbocycles. The largest absolute Gasteiger partial charge is 0.497 e. The molecular formula is C14H20N2O4. The van der Waals surface area contributed by atoms with Crippen LogP contribution in [0.3, 0.4) is 0 Å². The Kier molecular flexibility index (Phi) is 5.17. The summed E-state index contributed by atoms with van der Waals surface area (Å²) in [5, 5.41) is 14.3. The van der Waals surface area contributed by atoms with Gasteiger partial charge in [-0.15, -0.1) is 0 Å². The van der Waals surface area contributed by atoms with Crippen LogP contribution in [0.2, 0.25) is 0 Å². The Morgan fingerprint density at radius 3 is 3.00 bits per heavy atom. The van der Waals surface area contributed by atoms with E-state index in [0.717, 1.165) is 19.5 Å². The van der Waals surface area contributed by atoms with Crippen LogP contribution >= 0.6 is 0 Å². The van der Waals surface area contributed by atoms with E-state index in [1.54, 1.807) is 12.1 Å². The molecular weight excluding hydrogens is 260 g/mol. The molecule has 0 saturated carbocycles. The molecule has 0 aromatic heterocycles. The molecule has 0 bridgehead atoms. The number of hydrogen-bond donors (Lipinski definition) is 1. The summed E-state index contributed by atoms with van der Waals surface area (Å²) in [6.45, 7) is 2.57. The first-order valence-electron chi connectivity index (χ1n) is 6.86. The first-order valence-corrected chi connectivity index (χ1v) is 6.86. The van der Waals surface area contributed by atoms with Crippen LogP contribution in [-0.4, -0.2) is 31.7 Å². The van der Waals surface area contributed by atoms with Gasteiger partial charge in [0.1, 0.15) is 5.75 Å². The van der Waals surface area contributed by atoms with Crippen LogP contribution in [0.4, 0.5) is 5.69 Å². The minimum absolute atomic E-state index is 0.0208. The fourth-order valence-electron chi connectivity index (χ4n) is 2.39. The number of nitro groups is 1. The first-order chi connectivity index (χ1) is 9.70. The van der Waals surface area contributed by atoms with Crippen LogP contribution < -0.4 is 14.8 Å². The highest BCUT2D eigenvalue weighted by Gasteiger charge is 2.17. The zero-order valence-electron chi connectivity index (χ0n) is 11.6. The number of ether oxygens (including phenoxy) is 2. The Bertz CT molecular complexity index is 458. The van der Waals surface area contributed by atoms with E-state index >= 15 is 0 Å². The van der Waals surface area contributed by atoms with Crippen LogP contribution in [0.5, 0.6) is 11.5 Å². The fourth-order valence-corrected chi connectivity index (χ4v) is 2.39. The van der Waals surface area contributed by atoms with Gasteiger partial charge < -0.3 is 14.8 Å². The highest BCUT2D eigenvalue weighted by molar-refractivity contribution is 5.50. The van der Waals surface area contributed by atoms with Crippen LogP contribution in [0.1, 0.15) is 19.3 Å². The van der Waals surface area contributed by atoms with Gasteiger partial charge in [-0.3, -0.25) is 10.1 Å². The van der Waals surface area contributed by atoms with E-state index < -0.39 is 4.92 Å². The normalized spacial score (nSPS) is 18.6. The van der Waals surface area contributed by atoms with Gasteiger partial charge in [0.2, 0.25) is 5.75 Å². The van der Waals surface area contributed by atoms with Crippen LogP contribution in [0.15, 0.2) is 18.2 Å². The molecule has 1 aliphatic heterocycles. The number of benzene rings is 1. The van der Waals surface area contributed by atoms with Gasteiger partial charge in [-0.1, -0.05) is 0 Å². The van der Waals surface area contributed by atoms with E-state index in [9.17, 15) is 10.1 Å². The molecule has 1 saturated heterocycles. The van der Waals surface area contributed by atoms with Crippen molar-refractivity contribution >= 4 is 5.69 Å². The number of nitrogens with zero attached hydrogens (tertiary/aromatic N) is 1. The van der Waals surface area contributed by atoms with Crippen molar-refractivity contribution in [3.8, 4) is 11.5 Å². The summed E-state index contributed by atoms with van der Waals surface area (Å²) in [7, 11) is 1.53. The predicted octanol–water partition coefficient (Wildman–Crippen LogP) is 2.37. The Balaban J connectivity index is 1.94. The molecule has 1 N–H and O–H groups in total. The zero-order valence-corrected chi connectivity index (χ0v) is 11.6. The van der Waals surface area contributed by atoms with E-state index in [0.29, 0.717) is 18.3 Å². The van der Waals surface area contributed by atoms with Gasteiger partial charge in [-0.05, 0) is 44.3 Å². The van der Waals surface area contributed by atoms with Crippen LogP contribution in [0.25, 0.3) is 0 Å². The van der Waals surface area contributed by atoms with Gasteiger partial charge >= 0.3 is 5.69 Å². The van der Waals surface area contributed by atoms with E-state index in [4.69, 9.17) is 9.47 Å². The molecule has 110 valence electrons. The molecule has 1 atom stereocenters. The van der Waals surface area contributed by atoms with E-state index in [1.165, 1.54) is 26.0 Å². The second kappa shape index (κ2) is 7.09. The molecule has 20 heavy (non-hydrogen) atoms. The quantitative estimate of drug-likeness (QED) is 0.639. The number of nitro benzene ring substituents is 1. The zero-order chi connectivity index (χ0) is 14.4. The third-order valence-electron chi connectivity index (χ3n) is 3.55. The van der Waals surface area contributed by atoms with Crippen molar-refractivity contribution < 1.29 is 14.4 Å². The van der Waals surface area contributed by atoms with E-state index in [1.807, 2.05) is 0 Å². The third-order valence-corrected chi connectivity index (χ3v) is 3.55. The van der Waals surface area contributed by atoms with Gasteiger partial charge in [0.15, 0.2) is 0 Å². The van der Waals surface area contributed by atoms with Gasteiger partial charge in [0.25, 0.3) is 0 Å². The molecule has 1 aliphatic rings. The third kappa shape index (κ3) is 3.84. The molecule has 0 radical (unpaired) electrons. The van der Waals surface area contributed by atoms with Crippen LogP contribution in [0, 0.1) is 16.0 Å². The predicted molar refractivity (Wildman–Crippen MR) is 75.4 cm³/mol. The average Bonchev–Trinajstić information content (AvgIpc) is 2.48. The molecule has 6 heteroatoms. The maximum Gasteiger partial charge on any atom is 0.311 e. The molecule has 0 amide bonds. The monoisotopic (exact) mass is 280 g/mol. The summed E-state index contributed by atoms with van der Waals surface area (Å²) in [6.07, 6.45) is 3.28. The lowest BCUT2D eigenvalue weighted by Crippen LogP contribution is -2.30. The smallest absolute Gasteiger partial charge is 0.311 e. The number of hydrogen-bond acceptors (Lipinski definition) is 5. The summed E-state index contributed by atoms with van der Waals surface area (Å²) in [4.78, 5) is 10.5. The maximum atomic E-state index is 11.0. The van der Waals surface area contributed by atoms with Crippen molar-refractivity contribution in [3.05, 3.63) is 28.3 Å². The molecule has 2 rings (SSSR count). The van der Waals surface area contributed by atoms with Gasteiger partial charge in [-0.25, -0.2) is 0 Å². The lowest BCUT2D eigenvalue weighted by atomic mass is 9.97. The Morgan fingerprint density at radius 2 is 2.35 bits per heavy atom. The second-order valence-electron chi connectivity index (χ2n) is 4.94. The number of piperidine rings is 1. The lowest BCUT2D eigenvalue weighted by Gasteiger charge is -2.22. The Hall–Kier alpha value is -1.82. The molecule has 0 aliphatic carbocycles. The van der Waals surface area contributed by atoms with Crippen molar-refractivity contribution in [1.82, 2.24) is 5.32 Å². The highest BCUT2D eigenvalue weighted by atomic mass is 16.6. The topological polar surface area (TPSA) is 73.6 Å². The molecule has 6 nitrogen and oxygen atoms in total. The summed E-state index contributed by atoms with van der Waals surface area (Å²) in [5.74, 6) is 1.43. The number of nitrogens with one attached hydrogen (secondary N) is 1. The van der Waals surface area contributed by atoms with Gasteiger partial charge in [0.05, 0.1) is 18.6 Å². The second-order valence-corrected chi connectivity index (χ2v) is 4.94. The van der Waals surface area contributed by atoms with Crippen molar-refractivity contribution in [2.45, 2.75) is 19.3 Å². The summed E-state index contributed by atoms with van der Waals surface area (Å²) < 4.78 is 10.7. The van der Waals surface area contributed by atoms with E-state index in [-0.39, 0.29) is 11.4 Å². The fraction of sp³-hybridized carbons (Fsp3) is 0.571. The number of rotatable bonds is 6. The Morgan fingerprint density at radius 1 is 1.50 bits per heavy atom. The SMILES string of the molecule is COc1ccc([N+](=O)[O-])c(OCCC2CCCNC2)c1. The molecule has 0 spiro atoms. The summed E-state index contributed by atoms with van der Waals surface area (Å²) in [5.41, 5.74) is -0.0208. The Labute approximate surface area is 118 Å². The molecule has 1 unspecified atom stereocenters. The van der Waals surface area contributed by atoms with Crippen LogP contribution in [-0.2, 0) is 0 Å². The molecule has 1 heterocycles. The van der Waals surface area contributed by atoms with Gasteiger partial charge in [-0.2, -0.15) is 0 Å². The van der Waals surface area contributed by atoms with Crippen molar-refractivity contribution in [3.63, 3.8) is 0 Å². The van der Waals surface area contributed by atoms with E-state index in [2.05, 4.69) is 5.32 Å². The minimum atomic E-state index is -0.434. The van der Waals surface area contributed by atoms with Crippen molar-refractivity contribution in [1.29, 1.82) is 0 Å². The van der Waals surface area contributed by atoms with Crippen molar-refractivity contribution in [2.75, 3.05) is 26.8 Å². The minimum Gasteiger partial charge on any atom is -0.497 e. The first kappa shape index (κ1) is 14.6.